The van der Waals surface area contributed by atoms with Gasteiger partial charge in [-0.1, -0.05) is 13.8 Å². The lowest BCUT2D eigenvalue weighted by Gasteiger charge is -2.40. The summed E-state index contributed by atoms with van der Waals surface area (Å²) in [6.07, 6.45) is 0.584. The lowest BCUT2D eigenvalue weighted by molar-refractivity contribution is -0.144. The molecule has 2 aliphatic heterocycles. The number of aliphatic carboxylic acids is 1. The molecule has 1 unspecified atom stereocenters. The van der Waals surface area contributed by atoms with Crippen molar-refractivity contribution in [1.82, 2.24) is 18.4 Å². The second-order valence-corrected chi connectivity index (χ2v) is 9.06. The molecule has 0 aromatic carbocycles. The van der Waals surface area contributed by atoms with Crippen molar-refractivity contribution in [2.75, 3.05) is 59.4 Å². The Morgan fingerprint density at radius 3 is 1.83 bits per heavy atom. The topological polar surface area (TPSA) is 84.4 Å². The molecule has 2 aliphatic rings. The molecule has 0 amide bonds. The van der Waals surface area contributed by atoms with E-state index < -0.39 is 22.2 Å². The van der Waals surface area contributed by atoms with Gasteiger partial charge in [0.2, 0.25) is 0 Å². The number of rotatable bonds is 6. The minimum absolute atomic E-state index is 0.290. The summed E-state index contributed by atoms with van der Waals surface area (Å²) in [6.45, 7) is 8.19. The third-order valence-electron chi connectivity index (χ3n) is 4.81. The van der Waals surface area contributed by atoms with Crippen molar-refractivity contribution in [3.63, 3.8) is 0 Å². The van der Waals surface area contributed by atoms with Crippen LogP contribution in [0.25, 0.3) is 0 Å². The fourth-order valence-electron chi connectivity index (χ4n) is 3.28. The van der Waals surface area contributed by atoms with Crippen molar-refractivity contribution in [3.8, 4) is 0 Å². The Kier molecular flexibility index (Phi) is 6.60. The van der Waals surface area contributed by atoms with Gasteiger partial charge in [0.25, 0.3) is 10.2 Å². The van der Waals surface area contributed by atoms with Crippen molar-refractivity contribution >= 4 is 16.2 Å². The monoisotopic (exact) mass is 362 g/mol. The predicted molar refractivity (Wildman–Crippen MR) is 92.0 cm³/mol. The van der Waals surface area contributed by atoms with Crippen LogP contribution in [0.15, 0.2) is 0 Å². The van der Waals surface area contributed by atoms with E-state index in [9.17, 15) is 18.3 Å². The van der Waals surface area contributed by atoms with Crippen LogP contribution >= 0.6 is 0 Å². The van der Waals surface area contributed by atoms with Crippen LogP contribution in [0.1, 0.15) is 20.3 Å². The number of nitrogens with zero attached hydrogens (tertiary/aromatic N) is 4. The Balaban J connectivity index is 1.95. The van der Waals surface area contributed by atoms with Gasteiger partial charge in [0.15, 0.2) is 0 Å². The van der Waals surface area contributed by atoms with E-state index in [-0.39, 0.29) is 0 Å². The smallest absolute Gasteiger partial charge is 0.320 e. The molecule has 1 atom stereocenters. The molecule has 0 aliphatic carbocycles. The molecule has 8 nitrogen and oxygen atoms in total. The van der Waals surface area contributed by atoms with Crippen molar-refractivity contribution in [1.29, 1.82) is 0 Å². The number of likely N-dealkylation sites (N-methyl/N-ethyl adjacent to an activating group) is 1. The first-order valence-electron chi connectivity index (χ1n) is 8.62. The molecule has 0 spiro atoms. The van der Waals surface area contributed by atoms with Crippen LogP contribution in [0.2, 0.25) is 0 Å². The van der Waals surface area contributed by atoms with Gasteiger partial charge in [0, 0.05) is 52.4 Å². The largest absolute Gasteiger partial charge is 0.480 e. The number of hydrogen-bond donors (Lipinski definition) is 1. The van der Waals surface area contributed by atoms with E-state index in [4.69, 9.17) is 0 Å². The molecule has 1 N–H and O–H groups in total. The summed E-state index contributed by atoms with van der Waals surface area (Å²) in [7, 11) is -1.45. The van der Waals surface area contributed by atoms with Crippen LogP contribution in [0.4, 0.5) is 0 Å². The summed E-state index contributed by atoms with van der Waals surface area (Å²) in [6, 6.07) is -0.529. The molecular formula is C15H30N4O4S. The minimum atomic E-state index is -3.44. The average Bonchev–Trinajstić information content (AvgIpc) is 2.53. The van der Waals surface area contributed by atoms with Gasteiger partial charge in [-0.05, 0) is 19.4 Å². The van der Waals surface area contributed by atoms with Crippen molar-refractivity contribution in [3.05, 3.63) is 0 Å². The SMILES string of the molecule is CC(C)CC(C(=O)O)N1CCN(S(=O)(=O)N2CCN(C)CC2)CC1. The first kappa shape index (κ1) is 19.6. The Hall–Kier alpha value is -0.740. The predicted octanol–water partition coefficient (Wildman–Crippen LogP) is -0.404. The van der Waals surface area contributed by atoms with Crippen LogP contribution in [-0.4, -0.2) is 103 Å². The number of hydrogen-bond acceptors (Lipinski definition) is 5. The third kappa shape index (κ3) is 4.66. The summed E-state index contributed by atoms with van der Waals surface area (Å²) < 4.78 is 28.5. The van der Waals surface area contributed by atoms with E-state index in [2.05, 4.69) is 4.90 Å². The second kappa shape index (κ2) is 8.09. The molecule has 2 heterocycles. The van der Waals surface area contributed by atoms with E-state index in [1.807, 2.05) is 25.8 Å². The second-order valence-electron chi connectivity index (χ2n) is 7.13. The molecule has 24 heavy (non-hydrogen) atoms. The van der Waals surface area contributed by atoms with E-state index >= 15 is 0 Å². The molecule has 2 fully saturated rings. The maximum Gasteiger partial charge on any atom is 0.320 e. The molecule has 0 saturated carbocycles. The Morgan fingerprint density at radius 2 is 1.42 bits per heavy atom. The summed E-state index contributed by atoms with van der Waals surface area (Å²) in [4.78, 5) is 15.5. The first-order valence-corrected chi connectivity index (χ1v) is 10.0. The number of carbonyl (C=O) groups is 1. The molecule has 0 aromatic heterocycles. The molecular weight excluding hydrogens is 332 g/mol. The highest BCUT2D eigenvalue weighted by molar-refractivity contribution is 7.86. The molecule has 0 bridgehead atoms. The Morgan fingerprint density at radius 1 is 0.958 bits per heavy atom. The Bertz CT molecular complexity index is 524. The van der Waals surface area contributed by atoms with Gasteiger partial charge in [0.05, 0.1) is 0 Å². The highest BCUT2D eigenvalue weighted by atomic mass is 32.2. The maximum absolute atomic E-state index is 12.7. The normalized spacial score (nSPS) is 24.3. The summed E-state index contributed by atoms with van der Waals surface area (Å²) in [5.74, 6) is -0.530. The van der Waals surface area contributed by atoms with Gasteiger partial charge in [-0.2, -0.15) is 17.0 Å². The zero-order valence-electron chi connectivity index (χ0n) is 14.9. The third-order valence-corrected chi connectivity index (χ3v) is 6.84. The summed E-state index contributed by atoms with van der Waals surface area (Å²) in [5.41, 5.74) is 0. The van der Waals surface area contributed by atoms with E-state index in [1.165, 1.54) is 4.31 Å². The first-order chi connectivity index (χ1) is 11.2. The van der Waals surface area contributed by atoms with Gasteiger partial charge in [-0.25, -0.2) is 0 Å². The maximum atomic E-state index is 12.7. The van der Waals surface area contributed by atoms with Gasteiger partial charge >= 0.3 is 5.97 Å². The number of piperazine rings is 2. The lowest BCUT2D eigenvalue weighted by Crippen LogP contribution is -2.58. The van der Waals surface area contributed by atoms with Crippen LogP contribution in [-0.2, 0) is 15.0 Å². The molecule has 2 saturated heterocycles. The number of carboxylic acids is 1. The van der Waals surface area contributed by atoms with E-state index in [1.54, 1.807) is 4.31 Å². The standard InChI is InChI=1S/C15H30N4O4S/c1-13(2)12-14(15(20)21)17-6-10-19(11-7-17)24(22,23)18-8-4-16(3)5-9-18/h13-14H,4-12H2,1-3H3,(H,20,21). The average molecular weight is 362 g/mol. The van der Waals surface area contributed by atoms with Crippen molar-refractivity contribution in [2.45, 2.75) is 26.3 Å². The number of carboxylic acid groups (broad SMARTS) is 1. The van der Waals surface area contributed by atoms with Gasteiger partial charge in [0.1, 0.15) is 6.04 Å². The van der Waals surface area contributed by atoms with Gasteiger partial charge in [-0.15, -0.1) is 0 Å². The Labute approximate surface area is 145 Å². The quantitative estimate of drug-likeness (QED) is 0.692. The van der Waals surface area contributed by atoms with Crippen LogP contribution in [0.3, 0.4) is 0 Å². The fourth-order valence-corrected chi connectivity index (χ4v) is 4.86. The summed E-state index contributed by atoms with van der Waals surface area (Å²) in [5, 5.41) is 9.44. The van der Waals surface area contributed by atoms with Crippen LogP contribution < -0.4 is 0 Å². The lowest BCUT2D eigenvalue weighted by atomic mass is 10.0. The molecule has 0 radical (unpaired) electrons. The zero-order valence-corrected chi connectivity index (χ0v) is 15.7. The molecule has 140 valence electrons. The van der Waals surface area contributed by atoms with E-state index in [0.29, 0.717) is 51.6 Å². The molecule has 0 aromatic rings. The highest BCUT2D eigenvalue weighted by Crippen LogP contribution is 2.18. The highest BCUT2D eigenvalue weighted by Gasteiger charge is 2.36. The fraction of sp³-hybridized carbons (Fsp3) is 0.933. The summed E-state index contributed by atoms with van der Waals surface area (Å²) >= 11 is 0. The van der Waals surface area contributed by atoms with Crippen molar-refractivity contribution in [2.24, 2.45) is 5.92 Å². The van der Waals surface area contributed by atoms with E-state index in [0.717, 1.165) is 13.1 Å². The van der Waals surface area contributed by atoms with Gasteiger partial charge in [-0.3, -0.25) is 9.69 Å². The minimum Gasteiger partial charge on any atom is -0.480 e. The van der Waals surface area contributed by atoms with Crippen molar-refractivity contribution < 1.29 is 18.3 Å². The van der Waals surface area contributed by atoms with Crippen LogP contribution in [0.5, 0.6) is 0 Å². The van der Waals surface area contributed by atoms with Crippen LogP contribution in [0, 0.1) is 5.92 Å². The molecule has 9 heteroatoms. The molecule has 2 rings (SSSR count). The zero-order chi connectivity index (χ0) is 17.9. The van der Waals surface area contributed by atoms with Gasteiger partial charge < -0.3 is 10.0 Å².